The fraction of sp³-hybridized carbons (Fsp3) is 0.545. The van der Waals surface area contributed by atoms with Crippen molar-refractivity contribution < 1.29 is 33.8 Å². The van der Waals surface area contributed by atoms with Crippen LogP contribution in [0.3, 0.4) is 0 Å². The van der Waals surface area contributed by atoms with Gasteiger partial charge in [-0.15, -0.1) is 0 Å². The summed E-state index contributed by atoms with van der Waals surface area (Å²) < 4.78 is 20.3. The second kappa shape index (κ2) is 9.59. The molecule has 1 heterocycles. The molecule has 0 saturated heterocycles. The molecule has 1 aromatic heterocycles. The number of aliphatic hydroxyl groups excluding tert-OH is 2. The van der Waals surface area contributed by atoms with Gasteiger partial charge >= 0.3 is 7.82 Å². The van der Waals surface area contributed by atoms with Crippen LogP contribution in [0.4, 0.5) is 11.5 Å². The number of nitrogens with zero attached hydrogens (tertiary/aromatic N) is 3. The fourth-order valence-corrected chi connectivity index (χ4v) is 2.11. The van der Waals surface area contributed by atoms with Gasteiger partial charge in [-0.25, -0.2) is 19.5 Å². The van der Waals surface area contributed by atoms with Crippen LogP contribution in [0.1, 0.15) is 5.69 Å². The summed E-state index contributed by atoms with van der Waals surface area (Å²) in [6, 6.07) is 0. The molecule has 13 heteroatoms. The van der Waals surface area contributed by atoms with Gasteiger partial charge in [0.05, 0.1) is 38.0 Å². The Morgan fingerprint density at radius 3 is 2.50 bits per heavy atom. The summed E-state index contributed by atoms with van der Waals surface area (Å²) in [5, 5.41) is 18.6. The molecule has 0 unspecified atom stereocenters. The van der Waals surface area contributed by atoms with E-state index in [-0.39, 0.29) is 17.9 Å². The molecular weight excluding hydrogens is 345 g/mol. The fourth-order valence-electron chi connectivity index (χ4n) is 1.75. The van der Waals surface area contributed by atoms with E-state index in [9.17, 15) is 14.8 Å². The standard InChI is InChI=1S/C11H20N5O7P/c12-5-14-10-9(15-6-16-11(10)13)1-7(2-17)23-8(3-18)4-22-24(19,20)21/h5-8,17-18H,1-4H2,(H2,12,14)(H2,13,15,16)(H2,19,20,21)/t7-,8-/m0/s1. The molecule has 1 rings (SSSR count). The van der Waals surface area contributed by atoms with Crippen molar-refractivity contribution in [2.75, 3.05) is 25.6 Å². The van der Waals surface area contributed by atoms with Gasteiger partial charge in [0.15, 0.2) is 5.82 Å². The minimum Gasteiger partial charge on any atom is -0.394 e. The molecule has 0 amide bonds. The highest BCUT2D eigenvalue weighted by atomic mass is 31.2. The van der Waals surface area contributed by atoms with Gasteiger partial charge in [-0.1, -0.05) is 0 Å². The second-order valence-electron chi connectivity index (χ2n) is 4.57. The van der Waals surface area contributed by atoms with Crippen LogP contribution in [0, 0.1) is 0 Å². The number of ether oxygens (including phenoxy) is 1. The largest absolute Gasteiger partial charge is 0.469 e. The third-order valence-corrected chi connectivity index (χ3v) is 3.26. The van der Waals surface area contributed by atoms with Crippen molar-refractivity contribution in [2.45, 2.75) is 18.6 Å². The van der Waals surface area contributed by atoms with Crippen LogP contribution in [0.15, 0.2) is 11.3 Å². The Morgan fingerprint density at radius 1 is 1.29 bits per heavy atom. The maximum Gasteiger partial charge on any atom is 0.469 e. The predicted molar refractivity (Wildman–Crippen MR) is 83.3 cm³/mol. The number of nitrogen functional groups attached to an aromatic ring is 1. The van der Waals surface area contributed by atoms with E-state index < -0.39 is 39.9 Å². The highest BCUT2D eigenvalue weighted by molar-refractivity contribution is 7.46. The lowest BCUT2D eigenvalue weighted by molar-refractivity contribution is -0.0780. The summed E-state index contributed by atoms with van der Waals surface area (Å²) >= 11 is 0. The lowest BCUT2D eigenvalue weighted by Gasteiger charge is -2.22. The molecule has 136 valence electrons. The summed E-state index contributed by atoms with van der Waals surface area (Å²) in [6.07, 6.45) is 0.341. The molecule has 0 spiro atoms. The highest BCUT2D eigenvalue weighted by Gasteiger charge is 2.23. The van der Waals surface area contributed by atoms with Gasteiger partial charge in [-0.2, -0.15) is 0 Å². The van der Waals surface area contributed by atoms with Crippen molar-refractivity contribution in [3.8, 4) is 0 Å². The average Bonchev–Trinajstić information content (AvgIpc) is 2.52. The number of nitrogens with two attached hydrogens (primary N) is 2. The Bertz CT molecular complexity index is 596. The summed E-state index contributed by atoms with van der Waals surface area (Å²) in [7, 11) is -4.70. The highest BCUT2D eigenvalue weighted by Crippen LogP contribution is 2.36. The van der Waals surface area contributed by atoms with Crippen LogP contribution < -0.4 is 11.5 Å². The zero-order valence-electron chi connectivity index (χ0n) is 12.6. The second-order valence-corrected chi connectivity index (χ2v) is 5.81. The Hall–Kier alpha value is -1.66. The van der Waals surface area contributed by atoms with E-state index in [1.165, 1.54) is 6.33 Å². The monoisotopic (exact) mass is 365 g/mol. The number of phosphoric ester groups is 1. The third kappa shape index (κ3) is 6.84. The number of phosphoric acid groups is 1. The molecule has 1 aromatic rings. The van der Waals surface area contributed by atoms with Gasteiger partial charge in [0.25, 0.3) is 0 Å². The van der Waals surface area contributed by atoms with Crippen molar-refractivity contribution in [3.05, 3.63) is 12.0 Å². The Labute approximate surface area is 137 Å². The molecule has 0 fully saturated rings. The molecule has 0 saturated carbocycles. The zero-order chi connectivity index (χ0) is 18.2. The average molecular weight is 365 g/mol. The molecule has 0 aliphatic rings. The topological polar surface area (TPSA) is 207 Å². The smallest absolute Gasteiger partial charge is 0.394 e. The van der Waals surface area contributed by atoms with Crippen molar-refractivity contribution in [1.29, 1.82) is 0 Å². The Morgan fingerprint density at radius 2 is 1.96 bits per heavy atom. The first-order chi connectivity index (χ1) is 11.3. The number of aliphatic imine (C=N–C) groups is 1. The van der Waals surface area contributed by atoms with E-state index in [4.69, 9.17) is 26.0 Å². The van der Waals surface area contributed by atoms with Crippen LogP contribution in [-0.2, 0) is 20.2 Å². The number of hydrogen-bond donors (Lipinski definition) is 6. The zero-order valence-corrected chi connectivity index (χ0v) is 13.5. The molecule has 0 bridgehead atoms. The molecule has 0 radical (unpaired) electrons. The van der Waals surface area contributed by atoms with Crippen LogP contribution in [-0.4, -0.2) is 68.3 Å². The van der Waals surface area contributed by atoms with E-state index in [1.54, 1.807) is 0 Å². The normalized spacial score (nSPS) is 14.8. The van der Waals surface area contributed by atoms with Gasteiger partial charge in [0.2, 0.25) is 0 Å². The van der Waals surface area contributed by atoms with Crippen LogP contribution in [0.5, 0.6) is 0 Å². The van der Waals surface area contributed by atoms with Crippen molar-refractivity contribution in [3.63, 3.8) is 0 Å². The van der Waals surface area contributed by atoms with Crippen LogP contribution >= 0.6 is 7.82 Å². The molecular formula is C11H20N5O7P. The van der Waals surface area contributed by atoms with Crippen LogP contribution in [0.2, 0.25) is 0 Å². The lowest BCUT2D eigenvalue weighted by atomic mass is 10.1. The maximum atomic E-state index is 10.7. The number of rotatable bonds is 10. The summed E-state index contributed by atoms with van der Waals surface area (Å²) in [6.45, 7) is -1.59. The van der Waals surface area contributed by atoms with E-state index >= 15 is 0 Å². The minimum atomic E-state index is -4.70. The van der Waals surface area contributed by atoms with E-state index in [2.05, 4.69) is 19.5 Å². The molecule has 24 heavy (non-hydrogen) atoms. The molecule has 8 N–H and O–H groups in total. The van der Waals surface area contributed by atoms with Crippen LogP contribution in [0.25, 0.3) is 0 Å². The number of hydrogen-bond acceptors (Lipinski definition) is 9. The number of aliphatic hydroxyl groups is 2. The first-order valence-corrected chi connectivity index (χ1v) is 8.24. The van der Waals surface area contributed by atoms with Gasteiger partial charge in [0, 0.05) is 6.42 Å². The maximum absolute atomic E-state index is 10.7. The first-order valence-electron chi connectivity index (χ1n) is 6.71. The molecule has 2 atom stereocenters. The van der Waals surface area contributed by atoms with Gasteiger partial charge in [-0.3, -0.25) is 4.52 Å². The first kappa shape index (κ1) is 20.4. The number of anilines is 1. The minimum absolute atomic E-state index is 0.0440. The quantitative estimate of drug-likeness (QED) is 0.153. The summed E-state index contributed by atoms with van der Waals surface area (Å²) in [4.78, 5) is 28.9. The number of aromatic nitrogens is 2. The van der Waals surface area contributed by atoms with Gasteiger partial charge in [-0.05, 0) is 0 Å². The Balaban J connectivity index is 2.80. The van der Waals surface area contributed by atoms with Crippen molar-refractivity contribution in [2.24, 2.45) is 10.7 Å². The molecule has 0 aliphatic heterocycles. The lowest BCUT2D eigenvalue weighted by Crippen LogP contribution is -2.32. The summed E-state index contributed by atoms with van der Waals surface area (Å²) in [5.41, 5.74) is 11.5. The van der Waals surface area contributed by atoms with Crippen molar-refractivity contribution >= 4 is 25.7 Å². The Kier molecular flexibility index (Phi) is 8.15. The molecule has 0 aromatic carbocycles. The SMILES string of the molecule is N/C=N\c1c(N)ncnc1C[C@@H](CO)O[C@@H](CO)COP(=O)(O)O. The van der Waals surface area contributed by atoms with Gasteiger partial charge < -0.3 is 36.2 Å². The van der Waals surface area contributed by atoms with Crippen molar-refractivity contribution in [1.82, 2.24) is 9.97 Å². The van der Waals surface area contributed by atoms with E-state index in [1.807, 2.05) is 0 Å². The van der Waals surface area contributed by atoms with Gasteiger partial charge in [0.1, 0.15) is 18.1 Å². The molecule has 12 nitrogen and oxygen atoms in total. The van der Waals surface area contributed by atoms with E-state index in [0.29, 0.717) is 5.69 Å². The van der Waals surface area contributed by atoms with E-state index in [0.717, 1.165) is 6.34 Å². The summed E-state index contributed by atoms with van der Waals surface area (Å²) in [5.74, 6) is 0.0851. The predicted octanol–water partition coefficient (Wildman–Crippen LogP) is -1.93. The molecule has 0 aliphatic carbocycles. The third-order valence-electron chi connectivity index (χ3n) is 2.77.